The first-order valence-corrected chi connectivity index (χ1v) is 8.53. The second kappa shape index (κ2) is 6.25. The van der Waals surface area contributed by atoms with Gasteiger partial charge in [-0.1, -0.05) is 20.8 Å². The topological polar surface area (TPSA) is 42.2 Å². The lowest BCUT2D eigenvalue weighted by atomic mass is 9.74. The van der Waals surface area contributed by atoms with E-state index < -0.39 is 0 Å². The molecule has 4 heteroatoms. The van der Waals surface area contributed by atoms with Crippen molar-refractivity contribution in [2.45, 2.75) is 53.0 Å². The zero-order valence-corrected chi connectivity index (χ0v) is 13.7. The molecule has 0 aromatic carbocycles. The maximum Gasteiger partial charge on any atom is 0.221 e. The Morgan fingerprint density at radius 2 is 2.30 bits per heavy atom. The van der Waals surface area contributed by atoms with E-state index in [9.17, 15) is 4.79 Å². The number of amides is 1. The Morgan fingerprint density at radius 1 is 1.55 bits per heavy atom. The molecule has 1 amide bonds. The molecule has 1 aromatic rings. The molecule has 0 spiro atoms. The van der Waals surface area contributed by atoms with Crippen LogP contribution in [0.15, 0.2) is 10.5 Å². The van der Waals surface area contributed by atoms with Crippen LogP contribution in [0.2, 0.25) is 0 Å². The number of fused-ring (bicyclic) bond motifs is 1. The minimum Gasteiger partial charge on any atom is -0.466 e. The maximum atomic E-state index is 12.1. The van der Waals surface area contributed by atoms with Crippen molar-refractivity contribution >= 4 is 17.7 Å². The van der Waals surface area contributed by atoms with Gasteiger partial charge in [0.2, 0.25) is 5.91 Å². The molecule has 1 unspecified atom stereocenters. The molecule has 3 nitrogen and oxygen atoms in total. The minimum atomic E-state index is 0.102. The van der Waals surface area contributed by atoms with Crippen LogP contribution in [0.25, 0.3) is 0 Å². The average Bonchev–Trinajstić information content (AvgIpc) is 2.68. The van der Waals surface area contributed by atoms with Crippen LogP contribution in [-0.2, 0) is 11.2 Å². The first-order chi connectivity index (χ1) is 9.41. The molecule has 1 aliphatic carbocycles. The van der Waals surface area contributed by atoms with Crippen LogP contribution >= 0.6 is 11.8 Å². The summed E-state index contributed by atoms with van der Waals surface area (Å²) < 4.78 is 5.80. The Kier molecular flexibility index (Phi) is 4.84. The van der Waals surface area contributed by atoms with Gasteiger partial charge >= 0.3 is 0 Å². The second-order valence-electron chi connectivity index (χ2n) is 6.35. The number of hydrogen-bond donors (Lipinski definition) is 1. The summed E-state index contributed by atoms with van der Waals surface area (Å²) in [4.78, 5) is 12.1. The molecule has 112 valence electrons. The van der Waals surface area contributed by atoms with Gasteiger partial charge < -0.3 is 9.73 Å². The Labute approximate surface area is 125 Å². The Balaban J connectivity index is 2.05. The SMILES string of the molecule is CCSCCC(=O)NC1CC(C)(C)Cc2oc(C)cc21. The van der Waals surface area contributed by atoms with Crippen LogP contribution in [-0.4, -0.2) is 17.4 Å². The lowest BCUT2D eigenvalue weighted by Crippen LogP contribution is -2.36. The minimum absolute atomic E-state index is 0.102. The van der Waals surface area contributed by atoms with Crippen molar-refractivity contribution in [3.8, 4) is 0 Å². The zero-order valence-electron chi connectivity index (χ0n) is 12.9. The van der Waals surface area contributed by atoms with Gasteiger partial charge in [0.1, 0.15) is 11.5 Å². The quantitative estimate of drug-likeness (QED) is 0.839. The number of furan rings is 1. The summed E-state index contributed by atoms with van der Waals surface area (Å²) in [5, 5.41) is 3.19. The van der Waals surface area contributed by atoms with E-state index in [2.05, 4.69) is 32.2 Å². The molecule has 0 saturated heterocycles. The van der Waals surface area contributed by atoms with Gasteiger partial charge in [0, 0.05) is 24.2 Å². The van der Waals surface area contributed by atoms with Gasteiger partial charge in [-0.25, -0.2) is 0 Å². The first-order valence-electron chi connectivity index (χ1n) is 7.37. The third-order valence-corrected chi connectivity index (χ3v) is 4.65. The van der Waals surface area contributed by atoms with Crippen LogP contribution < -0.4 is 5.32 Å². The fourth-order valence-corrected chi connectivity index (χ4v) is 3.51. The molecule has 1 atom stereocenters. The van der Waals surface area contributed by atoms with E-state index in [1.165, 1.54) is 5.56 Å². The summed E-state index contributed by atoms with van der Waals surface area (Å²) >= 11 is 1.81. The number of carbonyl (C=O) groups excluding carboxylic acids is 1. The van der Waals surface area contributed by atoms with Crippen molar-refractivity contribution in [1.82, 2.24) is 5.32 Å². The van der Waals surface area contributed by atoms with Crippen LogP contribution in [0.5, 0.6) is 0 Å². The zero-order chi connectivity index (χ0) is 14.8. The van der Waals surface area contributed by atoms with E-state index >= 15 is 0 Å². The summed E-state index contributed by atoms with van der Waals surface area (Å²) in [5.41, 5.74) is 1.35. The third kappa shape index (κ3) is 3.81. The van der Waals surface area contributed by atoms with E-state index in [1.54, 1.807) is 0 Å². The normalized spacial score (nSPS) is 20.5. The molecular weight excluding hydrogens is 270 g/mol. The highest BCUT2D eigenvalue weighted by atomic mass is 32.2. The highest BCUT2D eigenvalue weighted by Gasteiger charge is 2.35. The highest BCUT2D eigenvalue weighted by molar-refractivity contribution is 7.99. The molecule has 0 aliphatic heterocycles. The fourth-order valence-electron chi connectivity index (χ4n) is 2.89. The van der Waals surface area contributed by atoms with E-state index in [1.807, 2.05) is 18.7 Å². The molecule has 0 fully saturated rings. The second-order valence-corrected chi connectivity index (χ2v) is 7.74. The van der Waals surface area contributed by atoms with E-state index in [0.717, 1.165) is 35.9 Å². The van der Waals surface area contributed by atoms with E-state index in [-0.39, 0.29) is 17.4 Å². The number of nitrogens with one attached hydrogen (secondary N) is 1. The van der Waals surface area contributed by atoms with Crippen LogP contribution in [0.1, 0.15) is 56.7 Å². The molecule has 0 saturated carbocycles. The average molecular weight is 295 g/mol. The van der Waals surface area contributed by atoms with Crippen molar-refractivity contribution in [2.75, 3.05) is 11.5 Å². The molecular formula is C16H25NO2S. The number of hydrogen-bond acceptors (Lipinski definition) is 3. The maximum absolute atomic E-state index is 12.1. The van der Waals surface area contributed by atoms with Gasteiger partial charge in [-0.15, -0.1) is 0 Å². The summed E-state index contributed by atoms with van der Waals surface area (Å²) in [6, 6.07) is 2.18. The molecule has 20 heavy (non-hydrogen) atoms. The van der Waals surface area contributed by atoms with Gasteiger partial charge in [0.05, 0.1) is 6.04 Å². The van der Waals surface area contributed by atoms with Gasteiger partial charge in [-0.2, -0.15) is 11.8 Å². The molecule has 1 heterocycles. The number of rotatable bonds is 5. The summed E-state index contributed by atoms with van der Waals surface area (Å²) in [5.74, 6) is 4.10. The monoisotopic (exact) mass is 295 g/mol. The number of thioether (sulfide) groups is 1. The molecule has 1 N–H and O–H groups in total. The van der Waals surface area contributed by atoms with Crippen LogP contribution in [0.4, 0.5) is 0 Å². The lowest BCUT2D eigenvalue weighted by Gasteiger charge is -2.34. The van der Waals surface area contributed by atoms with Crippen LogP contribution in [0.3, 0.4) is 0 Å². The van der Waals surface area contributed by atoms with Crippen LogP contribution in [0, 0.1) is 12.3 Å². The number of carbonyl (C=O) groups is 1. The summed E-state index contributed by atoms with van der Waals surface area (Å²) in [6.45, 7) is 8.56. The molecule has 2 rings (SSSR count). The fraction of sp³-hybridized carbons (Fsp3) is 0.688. The smallest absolute Gasteiger partial charge is 0.221 e. The first kappa shape index (κ1) is 15.5. The Hall–Kier alpha value is -0.900. The van der Waals surface area contributed by atoms with Crippen molar-refractivity contribution < 1.29 is 9.21 Å². The molecule has 1 aromatic heterocycles. The predicted octanol–water partition coefficient (Wildman–Crippen LogP) is 3.86. The van der Waals surface area contributed by atoms with E-state index in [0.29, 0.717) is 6.42 Å². The highest BCUT2D eigenvalue weighted by Crippen LogP contribution is 2.41. The third-order valence-electron chi connectivity index (χ3n) is 3.75. The Morgan fingerprint density at radius 3 is 3.00 bits per heavy atom. The van der Waals surface area contributed by atoms with E-state index in [4.69, 9.17) is 4.42 Å². The standard InChI is InChI=1S/C16H25NO2S/c1-5-20-7-6-15(18)17-13-9-16(3,4)10-14-12(13)8-11(2)19-14/h8,13H,5-7,9-10H2,1-4H3,(H,17,18). The van der Waals surface area contributed by atoms with Crippen molar-refractivity contribution in [2.24, 2.45) is 5.41 Å². The van der Waals surface area contributed by atoms with Gasteiger partial charge in [0.25, 0.3) is 0 Å². The summed E-state index contributed by atoms with van der Waals surface area (Å²) in [7, 11) is 0. The molecule has 0 radical (unpaired) electrons. The van der Waals surface area contributed by atoms with Crippen molar-refractivity contribution in [3.05, 3.63) is 23.2 Å². The molecule has 1 aliphatic rings. The number of aryl methyl sites for hydroxylation is 1. The molecule has 0 bridgehead atoms. The summed E-state index contributed by atoms with van der Waals surface area (Å²) in [6.07, 6.45) is 2.53. The van der Waals surface area contributed by atoms with Gasteiger partial charge in [-0.05, 0) is 30.6 Å². The predicted molar refractivity (Wildman–Crippen MR) is 84.0 cm³/mol. The van der Waals surface area contributed by atoms with Crippen molar-refractivity contribution in [3.63, 3.8) is 0 Å². The van der Waals surface area contributed by atoms with Gasteiger partial charge in [-0.3, -0.25) is 4.79 Å². The van der Waals surface area contributed by atoms with Gasteiger partial charge in [0.15, 0.2) is 0 Å². The lowest BCUT2D eigenvalue weighted by molar-refractivity contribution is -0.121. The largest absolute Gasteiger partial charge is 0.466 e. The van der Waals surface area contributed by atoms with Crippen molar-refractivity contribution in [1.29, 1.82) is 0 Å². The Bertz CT molecular complexity index is 479.